The molecule has 2 heterocycles. The topological polar surface area (TPSA) is 119 Å². The van der Waals surface area contributed by atoms with E-state index in [4.69, 9.17) is 33.5 Å². The van der Waals surface area contributed by atoms with Crippen molar-refractivity contribution < 1.29 is 43.7 Å². The van der Waals surface area contributed by atoms with Crippen molar-refractivity contribution in [2.45, 2.75) is 74.2 Å². The summed E-state index contributed by atoms with van der Waals surface area (Å²) in [5, 5.41) is 32.0. The first-order valence-corrected chi connectivity index (χ1v) is 15.6. The van der Waals surface area contributed by atoms with Crippen LogP contribution in [0.2, 0.25) is 0 Å². The van der Waals surface area contributed by atoms with Gasteiger partial charge in [0.15, 0.2) is 11.5 Å². The summed E-state index contributed by atoms with van der Waals surface area (Å²) >= 11 is 0. The minimum absolute atomic E-state index is 0.0204. The molecule has 1 saturated heterocycles. The van der Waals surface area contributed by atoms with Gasteiger partial charge >= 0.3 is 0 Å². The highest BCUT2D eigenvalue weighted by Gasteiger charge is 2.73. The number of phenolic OH excluding ortho intramolecular Hbond substituents is 1. The summed E-state index contributed by atoms with van der Waals surface area (Å²) < 4.78 is 34.8. The average Bonchev–Trinajstić information content (AvgIpc) is 3.30. The van der Waals surface area contributed by atoms with Crippen molar-refractivity contribution in [3.05, 3.63) is 23.3 Å². The van der Waals surface area contributed by atoms with Crippen molar-refractivity contribution in [1.82, 2.24) is 4.90 Å². The maximum Gasteiger partial charge on any atom is 0.165 e. The molecule has 3 N–H and O–H groups in total. The lowest BCUT2D eigenvalue weighted by Crippen LogP contribution is -2.77. The summed E-state index contributed by atoms with van der Waals surface area (Å²) in [5.41, 5.74) is 0.793. The first-order valence-electron chi connectivity index (χ1n) is 15.6. The molecule has 0 unspecified atom stereocenters. The van der Waals surface area contributed by atoms with Gasteiger partial charge in [-0.3, -0.25) is 4.90 Å². The van der Waals surface area contributed by atoms with Crippen LogP contribution < -0.4 is 4.74 Å². The maximum absolute atomic E-state index is 12.6. The van der Waals surface area contributed by atoms with Gasteiger partial charge in [-0.1, -0.05) is 12.5 Å². The lowest BCUT2D eigenvalue weighted by Gasteiger charge is -2.64. The quantitative estimate of drug-likeness (QED) is 0.237. The maximum atomic E-state index is 12.6. The third-order valence-electron chi connectivity index (χ3n) is 10.1. The molecule has 2 saturated carbocycles. The van der Waals surface area contributed by atoms with Gasteiger partial charge in [0.25, 0.3) is 0 Å². The summed E-state index contributed by atoms with van der Waals surface area (Å²) in [7, 11) is 0. The van der Waals surface area contributed by atoms with Gasteiger partial charge in [-0.05, 0) is 62.6 Å². The lowest BCUT2D eigenvalue weighted by atomic mass is 9.48. The van der Waals surface area contributed by atoms with Crippen molar-refractivity contribution >= 4 is 0 Å². The molecule has 5 atom stereocenters. The average molecular weight is 578 g/mol. The fourth-order valence-corrected chi connectivity index (χ4v) is 8.07. The Labute approximate surface area is 242 Å². The Bertz CT molecular complexity index is 1020. The van der Waals surface area contributed by atoms with Gasteiger partial charge in [0, 0.05) is 18.2 Å². The molecule has 41 heavy (non-hydrogen) atoms. The predicted molar refractivity (Wildman–Crippen MR) is 150 cm³/mol. The highest BCUT2D eigenvalue weighted by molar-refractivity contribution is 5.62. The number of likely N-dealkylation sites (tertiary alicyclic amines) is 1. The Morgan fingerprint density at radius 3 is 2.22 bits per heavy atom. The highest BCUT2D eigenvalue weighted by atomic mass is 16.6. The Morgan fingerprint density at radius 1 is 0.878 bits per heavy atom. The minimum atomic E-state index is -0.893. The SMILES string of the molecule is OCCOCCOCCOCCOCCO[C@H]1CC[C@@]2(O)[C@H]3Cc4ccc(O)c5c4[C@@]2(CCN3CC2CCC2)[C@H]1O5. The zero-order chi connectivity index (χ0) is 28.3. The van der Waals surface area contributed by atoms with Crippen molar-refractivity contribution in [2.75, 3.05) is 79.2 Å². The van der Waals surface area contributed by atoms with Gasteiger partial charge in [0.2, 0.25) is 0 Å². The fraction of sp³-hybridized carbons (Fsp3) is 0.806. The molecule has 2 bridgehead atoms. The highest BCUT2D eigenvalue weighted by Crippen LogP contribution is 2.65. The molecular formula is C31H47NO9. The molecule has 1 spiro atoms. The number of rotatable bonds is 17. The van der Waals surface area contributed by atoms with Crippen LogP contribution in [0.15, 0.2) is 12.1 Å². The van der Waals surface area contributed by atoms with Crippen LogP contribution in [0, 0.1) is 5.92 Å². The smallest absolute Gasteiger partial charge is 0.165 e. The monoisotopic (exact) mass is 577 g/mol. The minimum Gasteiger partial charge on any atom is -0.504 e. The molecule has 5 aliphatic rings. The van der Waals surface area contributed by atoms with E-state index < -0.39 is 11.0 Å². The van der Waals surface area contributed by atoms with Crippen LogP contribution in [0.25, 0.3) is 0 Å². The largest absolute Gasteiger partial charge is 0.504 e. The number of aliphatic hydroxyl groups excluding tert-OH is 1. The first-order chi connectivity index (χ1) is 20.1. The Morgan fingerprint density at radius 2 is 1.56 bits per heavy atom. The van der Waals surface area contributed by atoms with E-state index in [0.29, 0.717) is 71.6 Å². The van der Waals surface area contributed by atoms with E-state index in [1.165, 1.54) is 24.8 Å². The van der Waals surface area contributed by atoms with Crippen molar-refractivity contribution in [2.24, 2.45) is 5.92 Å². The van der Waals surface area contributed by atoms with Crippen LogP contribution in [-0.2, 0) is 35.5 Å². The number of hydrogen-bond donors (Lipinski definition) is 3. The van der Waals surface area contributed by atoms with Crippen LogP contribution in [0.3, 0.4) is 0 Å². The Kier molecular flexibility index (Phi) is 9.38. The number of phenols is 1. The summed E-state index contributed by atoms with van der Waals surface area (Å²) in [5.74, 6) is 1.47. The van der Waals surface area contributed by atoms with E-state index in [9.17, 15) is 10.2 Å². The van der Waals surface area contributed by atoms with Crippen LogP contribution in [0.5, 0.6) is 11.5 Å². The second-order valence-corrected chi connectivity index (χ2v) is 12.3. The van der Waals surface area contributed by atoms with Crippen molar-refractivity contribution in [3.8, 4) is 11.5 Å². The Hall–Kier alpha value is -1.50. The molecule has 10 heteroatoms. The molecule has 6 rings (SSSR count). The number of hydrogen-bond acceptors (Lipinski definition) is 10. The summed E-state index contributed by atoms with van der Waals surface area (Å²) in [6.07, 6.45) is 6.43. The second kappa shape index (κ2) is 13.0. The third-order valence-corrected chi connectivity index (χ3v) is 10.1. The second-order valence-electron chi connectivity index (χ2n) is 12.3. The molecule has 0 radical (unpaired) electrons. The fourth-order valence-electron chi connectivity index (χ4n) is 8.07. The predicted octanol–water partition coefficient (Wildman–Crippen LogP) is 1.79. The molecule has 230 valence electrons. The molecule has 10 nitrogen and oxygen atoms in total. The van der Waals surface area contributed by atoms with E-state index >= 15 is 0 Å². The van der Waals surface area contributed by atoms with Crippen LogP contribution in [0.1, 0.15) is 49.7 Å². The van der Waals surface area contributed by atoms with Crippen molar-refractivity contribution in [1.29, 1.82) is 0 Å². The van der Waals surface area contributed by atoms with Gasteiger partial charge in [-0.2, -0.15) is 0 Å². The van der Waals surface area contributed by atoms with Gasteiger partial charge in [0.05, 0.1) is 83.2 Å². The molecule has 0 amide bonds. The first kappa shape index (κ1) is 29.6. The van der Waals surface area contributed by atoms with Gasteiger partial charge in [0.1, 0.15) is 6.10 Å². The number of nitrogens with zero attached hydrogens (tertiary/aromatic N) is 1. The number of ether oxygens (including phenoxy) is 6. The summed E-state index contributed by atoms with van der Waals surface area (Å²) in [6, 6.07) is 3.87. The van der Waals surface area contributed by atoms with E-state index in [-0.39, 0.29) is 30.6 Å². The molecule has 3 aliphatic carbocycles. The van der Waals surface area contributed by atoms with E-state index in [2.05, 4.69) is 4.90 Å². The number of aliphatic hydroxyl groups is 2. The molecular weight excluding hydrogens is 530 g/mol. The normalized spacial score (nSPS) is 32.0. The third kappa shape index (κ3) is 5.51. The van der Waals surface area contributed by atoms with Crippen LogP contribution >= 0.6 is 0 Å². The Balaban J connectivity index is 1.00. The van der Waals surface area contributed by atoms with Gasteiger partial charge < -0.3 is 43.7 Å². The van der Waals surface area contributed by atoms with Crippen LogP contribution in [-0.4, -0.2) is 123 Å². The van der Waals surface area contributed by atoms with E-state index in [0.717, 1.165) is 43.8 Å². The summed E-state index contributed by atoms with van der Waals surface area (Å²) in [6.45, 7) is 6.11. The number of aromatic hydroxyl groups is 1. The standard InChI is InChI=1S/C31H47NO9/c33-10-11-36-12-13-37-14-15-38-16-17-39-18-19-40-25-6-7-31(35)26-20-23-4-5-24(34)28-27(23)30(31,29(25)41-28)8-9-32(26)21-22-2-1-3-22/h4-5,22,25-26,29,33-35H,1-3,6-21H2/t25-,26+,29-,30-,31+/m0/s1. The van der Waals surface area contributed by atoms with Crippen molar-refractivity contribution in [3.63, 3.8) is 0 Å². The van der Waals surface area contributed by atoms with Crippen LogP contribution in [0.4, 0.5) is 0 Å². The zero-order valence-corrected chi connectivity index (χ0v) is 24.1. The lowest BCUT2D eigenvalue weighted by molar-refractivity contribution is -0.218. The zero-order valence-electron chi connectivity index (χ0n) is 24.1. The van der Waals surface area contributed by atoms with Gasteiger partial charge in [-0.25, -0.2) is 0 Å². The molecule has 1 aromatic carbocycles. The summed E-state index contributed by atoms with van der Waals surface area (Å²) in [4.78, 5) is 2.57. The molecule has 1 aromatic rings. The molecule has 2 aliphatic heterocycles. The molecule has 3 fully saturated rings. The molecule has 0 aromatic heterocycles. The van der Waals surface area contributed by atoms with Gasteiger partial charge in [-0.15, -0.1) is 0 Å². The van der Waals surface area contributed by atoms with E-state index in [1.54, 1.807) is 6.07 Å². The number of piperidine rings is 1. The number of benzene rings is 1. The van der Waals surface area contributed by atoms with E-state index in [1.807, 2.05) is 6.07 Å².